The standard InChI is InChI=1S/C19H14BrN5O3S/c1-2-8-29-19-22-18(26)16-14-10-12(20)6-7-15(14)21-17(24(16)23-19)11-4-3-5-13(9-11)25(27)28/h2-7,9-10,17H,1,8H2,(H,22,23,26)/t17-/m1/s1. The minimum Gasteiger partial charge on any atom is -0.298 e. The Kier molecular flexibility index (Phi) is 5.20. The van der Waals surface area contributed by atoms with Crippen LogP contribution >= 0.6 is 27.7 Å². The molecular weight excluding hydrogens is 458 g/mol. The van der Waals surface area contributed by atoms with Crippen molar-refractivity contribution in [2.24, 2.45) is 10.1 Å². The van der Waals surface area contributed by atoms with Crippen LogP contribution < -0.4 is 15.9 Å². The van der Waals surface area contributed by atoms with E-state index in [1.165, 1.54) is 28.9 Å². The summed E-state index contributed by atoms with van der Waals surface area (Å²) in [6.07, 6.45) is 1.01. The van der Waals surface area contributed by atoms with Crippen LogP contribution in [0, 0.1) is 10.1 Å². The Labute approximate surface area is 178 Å². The number of carbonyl (C=O) groups excluding carboxylic acids is 1. The summed E-state index contributed by atoms with van der Waals surface area (Å²) in [6.45, 7) is 3.68. The number of nitro groups is 1. The van der Waals surface area contributed by atoms with Crippen LogP contribution in [0.2, 0.25) is 0 Å². The third kappa shape index (κ3) is 3.68. The average Bonchev–Trinajstić information content (AvgIpc) is 2.71. The van der Waals surface area contributed by atoms with Gasteiger partial charge in [-0.2, -0.15) is 0 Å². The van der Waals surface area contributed by atoms with Gasteiger partial charge in [0.05, 0.1) is 10.3 Å². The molecule has 10 heteroatoms. The molecule has 4 rings (SSSR count). The number of amidine groups is 1. The summed E-state index contributed by atoms with van der Waals surface area (Å²) in [6, 6.07) is 11.6. The fourth-order valence-electron chi connectivity index (χ4n) is 3.07. The topological polar surface area (TPSA) is 100 Å². The molecule has 2 aliphatic heterocycles. The van der Waals surface area contributed by atoms with Gasteiger partial charge in [0.25, 0.3) is 11.6 Å². The number of hydrogen-bond acceptors (Lipinski definition) is 7. The number of halogens is 1. The zero-order chi connectivity index (χ0) is 20.5. The van der Waals surface area contributed by atoms with Crippen molar-refractivity contribution in [3.05, 3.63) is 85.8 Å². The van der Waals surface area contributed by atoms with Crippen LogP contribution in [0.1, 0.15) is 11.7 Å². The fourth-order valence-corrected chi connectivity index (χ4v) is 4.02. The molecule has 0 bridgehead atoms. The normalized spacial score (nSPS) is 17.5. The van der Waals surface area contributed by atoms with Gasteiger partial charge in [-0.15, -0.1) is 11.7 Å². The highest BCUT2D eigenvalue weighted by Gasteiger charge is 2.34. The van der Waals surface area contributed by atoms with Gasteiger partial charge in [0.1, 0.15) is 5.70 Å². The molecule has 0 aliphatic carbocycles. The van der Waals surface area contributed by atoms with E-state index in [1.54, 1.807) is 24.3 Å². The summed E-state index contributed by atoms with van der Waals surface area (Å²) in [5.74, 6) is 0.263. The molecule has 2 heterocycles. The van der Waals surface area contributed by atoms with Crippen LogP contribution in [0.5, 0.6) is 0 Å². The maximum absolute atomic E-state index is 13.0. The number of fused-ring (bicyclic) bond motifs is 2. The molecule has 1 amide bonds. The van der Waals surface area contributed by atoms with Crippen molar-refractivity contribution in [2.75, 3.05) is 5.75 Å². The number of non-ortho nitro benzene ring substituents is 1. The lowest BCUT2D eigenvalue weighted by Gasteiger charge is -2.34. The van der Waals surface area contributed by atoms with Crippen molar-refractivity contribution >= 4 is 50.2 Å². The first kappa shape index (κ1) is 19.3. The van der Waals surface area contributed by atoms with E-state index < -0.39 is 11.1 Å². The van der Waals surface area contributed by atoms with Crippen LogP contribution in [0.15, 0.2) is 69.7 Å². The quantitative estimate of drug-likeness (QED) is 0.419. The van der Waals surface area contributed by atoms with E-state index in [0.29, 0.717) is 32.8 Å². The second-order valence-electron chi connectivity index (χ2n) is 6.17. The van der Waals surface area contributed by atoms with Gasteiger partial charge in [0.2, 0.25) is 0 Å². The van der Waals surface area contributed by atoms with E-state index >= 15 is 0 Å². The zero-order valence-electron chi connectivity index (χ0n) is 14.9. The number of nitro benzene ring substituents is 1. The lowest BCUT2D eigenvalue weighted by molar-refractivity contribution is -0.384. The summed E-state index contributed by atoms with van der Waals surface area (Å²) in [7, 11) is 0. The summed E-state index contributed by atoms with van der Waals surface area (Å²) in [5.41, 5.74) is 0.861. The summed E-state index contributed by atoms with van der Waals surface area (Å²) < 4.78 is 0.802. The first-order valence-electron chi connectivity index (χ1n) is 8.53. The molecule has 1 N–H and O–H groups in total. The third-order valence-electron chi connectivity index (χ3n) is 4.29. The minimum absolute atomic E-state index is 0.0486. The van der Waals surface area contributed by atoms with Crippen LogP contribution in [-0.2, 0) is 4.79 Å². The maximum atomic E-state index is 13.0. The molecule has 0 unspecified atom stereocenters. The van der Waals surface area contributed by atoms with Crippen molar-refractivity contribution in [3.63, 3.8) is 0 Å². The minimum atomic E-state index is -0.705. The molecule has 2 aromatic carbocycles. The number of nitrogens with zero attached hydrogens (tertiary/aromatic N) is 4. The van der Waals surface area contributed by atoms with Gasteiger partial charge in [0.15, 0.2) is 11.3 Å². The van der Waals surface area contributed by atoms with E-state index in [2.05, 4.69) is 32.9 Å². The van der Waals surface area contributed by atoms with Crippen molar-refractivity contribution in [1.29, 1.82) is 0 Å². The molecule has 2 aliphatic rings. The second kappa shape index (κ2) is 7.80. The fraction of sp³-hybridized carbons (Fsp3) is 0.105. The molecule has 29 heavy (non-hydrogen) atoms. The zero-order valence-corrected chi connectivity index (χ0v) is 17.3. The lowest BCUT2D eigenvalue weighted by atomic mass is 10.1. The van der Waals surface area contributed by atoms with Crippen LogP contribution in [0.3, 0.4) is 0 Å². The molecule has 0 saturated carbocycles. The van der Waals surface area contributed by atoms with E-state index in [0.717, 1.165) is 4.47 Å². The smallest absolute Gasteiger partial charge is 0.276 e. The van der Waals surface area contributed by atoms with E-state index in [-0.39, 0.29) is 11.6 Å². The van der Waals surface area contributed by atoms with Crippen LogP contribution in [0.4, 0.5) is 5.69 Å². The number of rotatable bonds is 4. The molecule has 0 fully saturated rings. The van der Waals surface area contributed by atoms with Crippen molar-refractivity contribution in [2.45, 2.75) is 6.17 Å². The van der Waals surface area contributed by atoms with Gasteiger partial charge >= 0.3 is 0 Å². The van der Waals surface area contributed by atoms with E-state index in [9.17, 15) is 14.9 Å². The number of amides is 1. The van der Waals surface area contributed by atoms with Gasteiger partial charge in [-0.1, -0.05) is 45.9 Å². The van der Waals surface area contributed by atoms with Crippen LogP contribution in [0.25, 0.3) is 5.70 Å². The second-order valence-corrected chi connectivity index (χ2v) is 8.09. The molecule has 1 atom stereocenters. The summed E-state index contributed by atoms with van der Waals surface area (Å²) >= 11 is 4.76. The van der Waals surface area contributed by atoms with Gasteiger partial charge in [0, 0.05) is 33.1 Å². The van der Waals surface area contributed by atoms with Crippen LogP contribution in [-0.4, -0.2) is 26.8 Å². The largest absolute Gasteiger partial charge is 0.298 e. The third-order valence-corrected chi connectivity index (χ3v) is 5.64. The highest BCUT2D eigenvalue weighted by atomic mass is 79.9. The monoisotopic (exact) mass is 471 g/mol. The Balaban J connectivity index is 1.93. The SMILES string of the molecule is C=CCSC1=NN2C(=c3cc(Br)ccc3=N[C@H]2c2cccc([N+](=O)[O-])c2)C(=O)N1. The molecule has 0 saturated heterocycles. The molecule has 0 aromatic heterocycles. The van der Waals surface area contributed by atoms with Gasteiger partial charge in [-0.3, -0.25) is 25.2 Å². The number of carbonyl (C=O) groups is 1. The average molecular weight is 472 g/mol. The Hall–Kier alpha value is -2.98. The Bertz CT molecular complexity index is 1200. The molecule has 0 radical (unpaired) electrons. The van der Waals surface area contributed by atoms with Gasteiger partial charge < -0.3 is 0 Å². The first-order chi connectivity index (χ1) is 14.0. The Morgan fingerprint density at radius 3 is 2.93 bits per heavy atom. The van der Waals surface area contributed by atoms with Crippen molar-refractivity contribution < 1.29 is 9.72 Å². The van der Waals surface area contributed by atoms with Crippen molar-refractivity contribution in [1.82, 2.24) is 10.3 Å². The number of hydrazone groups is 1. The number of hydrogen-bond donors (Lipinski definition) is 1. The molecular formula is C19H14BrN5O3S. The number of thioether (sulfide) groups is 1. The molecule has 0 spiro atoms. The molecule has 8 nitrogen and oxygen atoms in total. The number of nitrogens with one attached hydrogen (secondary N) is 1. The first-order valence-corrected chi connectivity index (χ1v) is 10.3. The van der Waals surface area contributed by atoms with Gasteiger partial charge in [-0.05, 0) is 18.2 Å². The predicted octanol–water partition coefficient (Wildman–Crippen LogP) is 2.42. The highest BCUT2D eigenvalue weighted by molar-refractivity contribution is 9.10. The highest BCUT2D eigenvalue weighted by Crippen LogP contribution is 2.32. The summed E-state index contributed by atoms with van der Waals surface area (Å²) in [4.78, 5) is 28.5. The summed E-state index contributed by atoms with van der Waals surface area (Å²) in [5, 5.41) is 21.8. The van der Waals surface area contributed by atoms with Crippen molar-refractivity contribution in [3.8, 4) is 0 Å². The lowest BCUT2D eigenvalue weighted by Crippen LogP contribution is -2.50. The Morgan fingerprint density at radius 2 is 2.17 bits per heavy atom. The Morgan fingerprint density at radius 1 is 1.34 bits per heavy atom. The van der Waals surface area contributed by atoms with Gasteiger partial charge in [-0.25, -0.2) is 5.01 Å². The van der Waals surface area contributed by atoms with E-state index in [1.807, 2.05) is 12.1 Å². The number of benzene rings is 2. The predicted molar refractivity (Wildman–Crippen MR) is 114 cm³/mol. The molecule has 146 valence electrons. The maximum Gasteiger partial charge on any atom is 0.276 e. The van der Waals surface area contributed by atoms with E-state index in [4.69, 9.17) is 4.99 Å². The molecule has 2 aromatic rings.